The molecule has 126 valence electrons. The molecule has 1 aromatic rings. The fourth-order valence-electron chi connectivity index (χ4n) is 3.37. The second kappa shape index (κ2) is 6.24. The molecule has 2 saturated heterocycles. The van der Waals surface area contributed by atoms with Crippen LogP contribution < -0.4 is 0 Å². The molecule has 6 nitrogen and oxygen atoms in total. The summed E-state index contributed by atoms with van der Waals surface area (Å²) in [5.41, 5.74) is 0.633. The van der Waals surface area contributed by atoms with Gasteiger partial charge in [-0.05, 0) is 44.2 Å². The smallest absolute Gasteiger partial charge is 0.410 e. The van der Waals surface area contributed by atoms with Crippen molar-refractivity contribution in [2.75, 3.05) is 26.2 Å². The van der Waals surface area contributed by atoms with Gasteiger partial charge in [-0.25, -0.2) is 14.8 Å². The van der Waals surface area contributed by atoms with E-state index in [4.69, 9.17) is 16.3 Å². The molecule has 0 bridgehead atoms. The predicted octanol–water partition coefficient (Wildman–Crippen LogP) is 2.43. The van der Waals surface area contributed by atoms with Crippen molar-refractivity contribution in [3.8, 4) is 0 Å². The zero-order valence-corrected chi connectivity index (χ0v) is 14.6. The first-order valence-corrected chi connectivity index (χ1v) is 8.34. The Labute approximate surface area is 141 Å². The van der Waals surface area contributed by atoms with E-state index < -0.39 is 5.60 Å². The van der Waals surface area contributed by atoms with Gasteiger partial charge in [0.05, 0.1) is 0 Å². The number of rotatable bonds is 2. The first kappa shape index (κ1) is 16.5. The molecule has 1 amide bonds. The van der Waals surface area contributed by atoms with Crippen molar-refractivity contribution >= 4 is 17.7 Å². The molecule has 3 heterocycles. The van der Waals surface area contributed by atoms with Gasteiger partial charge in [0.1, 0.15) is 5.60 Å². The molecule has 2 aliphatic rings. The van der Waals surface area contributed by atoms with Crippen molar-refractivity contribution in [2.24, 2.45) is 11.8 Å². The number of carbonyl (C=O) groups is 1. The molecular weight excluding hydrogens is 316 g/mol. The molecule has 2 atom stereocenters. The third kappa shape index (κ3) is 4.12. The molecule has 1 aromatic heterocycles. The highest BCUT2D eigenvalue weighted by molar-refractivity contribution is 6.28. The highest BCUT2D eigenvalue weighted by atomic mass is 35.5. The molecule has 7 heteroatoms. The summed E-state index contributed by atoms with van der Waals surface area (Å²) in [5, 5.41) is 0.278. The molecule has 0 unspecified atom stereocenters. The summed E-state index contributed by atoms with van der Waals surface area (Å²) >= 11 is 5.71. The molecule has 2 aliphatic heterocycles. The second-order valence-electron chi connectivity index (χ2n) is 7.46. The topological polar surface area (TPSA) is 58.6 Å². The molecule has 0 radical (unpaired) electrons. The lowest BCUT2D eigenvalue weighted by atomic mass is 10.0. The normalized spacial score (nSPS) is 24.8. The number of halogens is 1. The summed E-state index contributed by atoms with van der Waals surface area (Å²) in [5.74, 6) is 1.05. The van der Waals surface area contributed by atoms with Crippen molar-refractivity contribution in [1.29, 1.82) is 0 Å². The van der Waals surface area contributed by atoms with E-state index in [0.29, 0.717) is 11.8 Å². The Balaban J connectivity index is 1.51. The third-order valence-corrected chi connectivity index (χ3v) is 4.49. The summed E-state index contributed by atoms with van der Waals surface area (Å²) in [4.78, 5) is 24.4. The molecule has 0 N–H and O–H groups in total. The number of fused-ring (bicyclic) bond motifs is 1. The van der Waals surface area contributed by atoms with Crippen LogP contribution in [0.3, 0.4) is 0 Å². The standard InChI is InChI=1S/C16H23ClN4O2/c1-16(2,3)23-15(22)21-9-12-7-20(8-13(12)10-21)6-11-4-18-14(17)19-5-11/h4-5,12-13H,6-10H2,1-3H3/t12-,13+. The van der Waals surface area contributed by atoms with Gasteiger partial charge in [-0.2, -0.15) is 0 Å². The van der Waals surface area contributed by atoms with E-state index >= 15 is 0 Å². The van der Waals surface area contributed by atoms with Gasteiger partial charge in [-0.1, -0.05) is 0 Å². The van der Waals surface area contributed by atoms with Crippen molar-refractivity contribution in [1.82, 2.24) is 19.8 Å². The SMILES string of the molecule is CC(C)(C)OC(=O)N1C[C@H]2CN(Cc3cnc(Cl)nc3)C[C@H]2C1. The highest BCUT2D eigenvalue weighted by Gasteiger charge is 2.42. The predicted molar refractivity (Wildman–Crippen MR) is 87.1 cm³/mol. The number of ether oxygens (including phenoxy) is 1. The summed E-state index contributed by atoms with van der Waals surface area (Å²) in [6.45, 7) is 10.1. The van der Waals surface area contributed by atoms with Crippen LogP contribution in [0.1, 0.15) is 26.3 Å². The van der Waals surface area contributed by atoms with E-state index in [0.717, 1.165) is 38.3 Å². The van der Waals surface area contributed by atoms with Gasteiger partial charge in [0, 0.05) is 50.7 Å². The molecular formula is C16H23ClN4O2. The largest absolute Gasteiger partial charge is 0.444 e. The Morgan fingerprint density at radius 1 is 1.22 bits per heavy atom. The van der Waals surface area contributed by atoms with E-state index in [-0.39, 0.29) is 11.4 Å². The monoisotopic (exact) mass is 338 g/mol. The minimum atomic E-state index is -0.435. The molecule has 2 fully saturated rings. The fourth-order valence-corrected chi connectivity index (χ4v) is 3.47. The Morgan fingerprint density at radius 2 is 1.78 bits per heavy atom. The van der Waals surface area contributed by atoms with E-state index in [9.17, 15) is 4.79 Å². The summed E-state index contributed by atoms with van der Waals surface area (Å²) in [7, 11) is 0. The van der Waals surface area contributed by atoms with Gasteiger partial charge in [0.2, 0.25) is 5.28 Å². The number of hydrogen-bond acceptors (Lipinski definition) is 5. The second-order valence-corrected chi connectivity index (χ2v) is 7.80. The lowest BCUT2D eigenvalue weighted by Crippen LogP contribution is -2.37. The van der Waals surface area contributed by atoms with Crippen LogP contribution in [0.15, 0.2) is 12.4 Å². The van der Waals surface area contributed by atoms with E-state index in [2.05, 4.69) is 14.9 Å². The molecule has 0 saturated carbocycles. The molecule has 0 aromatic carbocycles. The lowest BCUT2D eigenvalue weighted by Gasteiger charge is -2.26. The number of hydrogen-bond donors (Lipinski definition) is 0. The van der Waals surface area contributed by atoms with Crippen LogP contribution in [-0.4, -0.2) is 57.6 Å². The van der Waals surface area contributed by atoms with Crippen molar-refractivity contribution < 1.29 is 9.53 Å². The third-order valence-electron chi connectivity index (χ3n) is 4.29. The number of nitrogens with zero attached hydrogens (tertiary/aromatic N) is 4. The van der Waals surface area contributed by atoms with Crippen LogP contribution in [0.4, 0.5) is 4.79 Å². The van der Waals surface area contributed by atoms with Gasteiger partial charge < -0.3 is 9.64 Å². The molecule has 0 spiro atoms. The van der Waals surface area contributed by atoms with Crippen LogP contribution in [-0.2, 0) is 11.3 Å². The van der Waals surface area contributed by atoms with Crippen LogP contribution in [0.2, 0.25) is 5.28 Å². The van der Waals surface area contributed by atoms with Gasteiger partial charge in [-0.15, -0.1) is 0 Å². The van der Waals surface area contributed by atoms with Crippen LogP contribution >= 0.6 is 11.6 Å². The zero-order chi connectivity index (χ0) is 16.6. The highest BCUT2D eigenvalue weighted by Crippen LogP contribution is 2.32. The van der Waals surface area contributed by atoms with Crippen LogP contribution in [0, 0.1) is 11.8 Å². The van der Waals surface area contributed by atoms with Gasteiger partial charge in [0.15, 0.2) is 0 Å². The first-order valence-electron chi connectivity index (χ1n) is 7.97. The van der Waals surface area contributed by atoms with E-state index in [1.807, 2.05) is 25.7 Å². The number of likely N-dealkylation sites (tertiary alicyclic amines) is 2. The Morgan fingerprint density at radius 3 is 2.30 bits per heavy atom. The average Bonchev–Trinajstić information content (AvgIpc) is 2.97. The maximum Gasteiger partial charge on any atom is 0.410 e. The minimum Gasteiger partial charge on any atom is -0.444 e. The first-order chi connectivity index (χ1) is 10.8. The van der Waals surface area contributed by atoms with E-state index in [1.54, 1.807) is 12.4 Å². The quantitative estimate of drug-likeness (QED) is 0.775. The Hall–Kier alpha value is -1.40. The zero-order valence-electron chi connectivity index (χ0n) is 13.8. The minimum absolute atomic E-state index is 0.190. The van der Waals surface area contributed by atoms with Gasteiger partial charge >= 0.3 is 6.09 Å². The van der Waals surface area contributed by atoms with Crippen molar-refractivity contribution in [3.63, 3.8) is 0 Å². The lowest BCUT2D eigenvalue weighted by molar-refractivity contribution is 0.0274. The average molecular weight is 339 g/mol. The van der Waals surface area contributed by atoms with E-state index in [1.165, 1.54) is 0 Å². The molecule has 23 heavy (non-hydrogen) atoms. The Kier molecular flexibility index (Phi) is 4.47. The summed E-state index contributed by atoms with van der Waals surface area (Å²) in [6, 6.07) is 0. The van der Waals surface area contributed by atoms with Crippen LogP contribution in [0.25, 0.3) is 0 Å². The summed E-state index contributed by atoms with van der Waals surface area (Å²) in [6.07, 6.45) is 3.36. The summed E-state index contributed by atoms with van der Waals surface area (Å²) < 4.78 is 5.46. The number of aromatic nitrogens is 2. The van der Waals surface area contributed by atoms with Crippen LogP contribution in [0.5, 0.6) is 0 Å². The van der Waals surface area contributed by atoms with Crippen molar-refractivity contribution in [2.45, 2.75) is 32.9 Å². The maximum absolute atomic E-state index is 12.2. The van der Waals surface area contributed by atoms with Gasteiger partial charge in [-0.3, -0.25) is 4.90 Å². The number of amides is 1. The molecule has 3 rings (SSSR count). The number of carbonyl (C=O) groups excluding carboxylic acids is 1. The van der Waals surface area contributed by atoms with Gasteiger partial charge in [0.25, 0.3) is 0 Å². The van der Waals surface area contributed by atoms with Crippen molar-refractivity contribution in [3.05, 3.63) is 23.2 Å². The maximum atomic E-state index is 12.2. The Bertz CT molecular complexity index is 558. The molecule has 0 aliphatic carbocycles. The fraction of sp³-hybridized carbons (Fsp3) is 0.688.